The molecule has 0 aliphatic carbocycles. The summed E-state index contributed by atoms with van der Waals surface area (Å²) >= 11 is 0. The second-order valence-electron chi connectivity index (χ2n) is 5.07. The summed E-state index contributed by atoms with van der Waals surface area (Å²) in [4.78, 5) is 6.67. The Morgan fingerprint density at radius 3 is 3.00 bits per heavy atom. The van der Waals surface area contributed by atoms with E-state index >= 15 is 0 Å². The molecule has 17 heavy (non-hydrogen) atoms. The van der Waals surface area contributed by atoms with Crippen LogP contribution in [0.25, 0.3) is 0 Å². The van der Waals surface area contributed by atoms with Crippen LogP contribution >= 0.6 is 0 Å². The van der Waals surface area contributed by atoms with Crippen molar-refractivity contribution < 1.29 is 4.74 Å². The summed E-state index contributed by atoms with van der Waals surface area (Å²) < 4.78 is 5.67. The fraction of sp³-hybridized carbons (Fsp3) is 0.818. The highest BCUT2D eigenvalue weighted by Crippen LogP contribution is 2.32. The van der Waals surface area contributed by atoms with Gasteiger partial charge in [0.2, 0.25) is 5.95 Å². The van der Waals surface area contributed by atoms with Crippen LogP contribution in [0.3, 0.4) is 0 Å². The van der Waals surface area contributed by atoms with Gasteiger partial charge < -0.3 is 15.4 Å². The van der Waals surface area contributed by atoms with Crippen LogP contribution in [0.1, 0.15) is 31.7 Å². The molecule has 0 spiro atoms. The third-order valence-corrected chi connectivity index (χ3v) is 3.66. The molecule has 0 saturated carbocycles. The van der Waals surface area contributed by atoms with E-state index in [9.17, 15) is 0 Å². The quantitative estimate of drug-likeness (QED) is 0.780. The molecule has 0 amide bonds. The van der Waals surface area contributed by atoms with Crippen molar-refractivity contribution in [1.82, 2.24) is 15.2 Å². The maximum absolute atomic E-state index is 5.88. The zero-order valence-electron chi connectivity index (χ0n) is 10.1. The number of H-pyrrole nitrogens is 1. The molecule has 0 bridgehead atoms. The molecule has 2 aliphatic heterocycles. The Balaban J connectivity index is 1.74. The number of nitrogens with zero attached hydrogens (tertiary/aromatic N) is 3. The molecule has 6 nitrogen and oxygen atoms in total. The minimum atomic E-state index is 0.0764. The van der Waals surface area contributed by atoms with Gasteiger partial charge in [-0.1, -0.05) is 6.92 Å². The Kier molecular flexibility index (Phi) is 2.76. The number of aromatic amines is 1. The van der Waals surface area contributed by atoms with Crippen LogP contribution in [0.4, 0.5) is 5.95 Å². The summed E-state index contributed by atoms with van der Waals surface area (Å²) in [5.74, 6) is 2.12. The molecule has 3 atom stereocenters. The largest absolute Gasteiger partial charge is 0.370 e. The van der Waals surface area contributed by atoms with Crippen molar-refractivity contribution in [3.05, 3.63) is 5.82 Å². The number of anilines is 1. The second kappa shape index (κ2) is 4.27. The van der Waals surface area contributed by atoms with E-state index in [1.807, 2.05) is 0 Å². The normalized spacial score (nSPS) is 33.5. The average molecular weight is 237 g/mol. The van der Waals surface area contributed by atoms with Gasteiger partial charge in [0, 0.05) is 25.7 Å². The van der Waals surface area contributed by atoms with Crippen molar-refractivity contribution in [2.75, 3.05) is 24.6 Å². The van der Waals surface area contributed by atoms with Gasteiger partial charge >= 0.3 is 0 Å². The topological polar surface area (TPSA) is 80.1 Å². The molecule has 0 radical (unpaired) electrons. The van der Waals surface area contributed by atoms with Crippen molar-refractivity contribution in [1.29, 1.82) is 0 Å². The van der Waals surface area contributed by atoms with Crippen molar-refractivity contribution in [3.8, 4) is 0 Å². The van der Waals surface area contributed by atoms with Crippen LogP contribution in [0.5, 0.6) is 0 Å². The van der Waals surface area contributed by atoms with Crippen LogP contribution in [0.15, 0.2) is 0 Å². The third kappa shape index (κ3) is 2.02. The highest BCUT2D eigenvalue weighted by molar-refractivity contribution is 5.31. The van der Waals surface area contributed by atoms with E-state index in [1.54, 1.807) is 0 Å². The second-order valence-corrected chi connectivity index (χ2v) is 5.07. The standard InChI is InChI=1S/C11H19N5O/c1-7-3-5-17-9(7)10-13-11(15-14-10)16-4-2-8(12)6-16/h7-9H,2-6,12H2,1H3,(H,13,14,15). The third-order valence-electron chi connectivity index (χ3n) is 3.66. The van der Waals surface area contributed by atoms with Gasteiger partial charge in [-0.05, 0) is 18.8 Å². The van der Waals surface area contributed by atoms with Gasteiger partial charge in [0.1, 0.15) is 6.10 Å². The fourth-order valence-corrected chi connectivity index (χ4v) is 2.55. The zero-order chi connectivity index (χ0) is 11.8. The predicted octanol–water partition coefficient (Wildman–Crippen LogP) is 0.440. The van der Waals surface area contributed by atoms with E-state index in [0.29, 0.717) is 5.92 Å². The molecule has 3 unspecified atom stereocenters. The summed E-state index contributed by atoms with van der Waals surface area (Å²) in [5, 5.41) is 7.27. The minimum Gasteiger partial charge on any atom is -0.370 e. The van der Waals surface area contributed by atoms with Crippen LogP contribution in [-0.4, -0.2) is 40.9 Å². The number of hydrogen-bond donors (Lipinski definition) is 2. The van der Waals surface area contributed by atoms with E-state index in [0.717, 1.165) is 44.3 Å². The number of aromatic nitrogens is 3. The molecule has 2 saturated heterocycles. The average Bonchev–Trinajstić information content (AvgIpc) is 2.97. The Bertz CT molecular complexity index is 393. The van der Waals surface area contributed by atoms with Gasteiger partial charge in [0.15, 0.2) is 5.82 Å². The van der Waals surface area contributed by atoms with Crippen molar-refractivity contribution >= 4 is 5.95 Å². The number of nitrogens with one attached hydrogen (secondary N) is 1. The first-order valence-corrected chi connectivity index (χ1v) is 6.28. The van der Waals surface area contributed by atoms with Crippen molar-refractivity contribution in [3.63, 3.8) is 0 Å². The summed E-state index contributed by atoms with van der Waals surface area (Å²) in [7, 11) is 0. The van der Waals surface area contributed by atoms with Gasteiger partial charge in [-0.2, -0.15) is 4.98 Å². The Morgan fingerprint density at radius 2 is 2.35 bits per heavy atom. The van der Waals surface area contributed by atoms with Gasteiger partial charge in [-0.3, -0.25) is 5.10 Å². The molecule has 2 aliphatic rings. The molecule has 94 valence electrons. The van der Waals surface area contributed by atoms with Crippen LogP contribution in [-0.2, 0) is 4.74 Å². The van der Waals surface area contributed by atoms with E-state index in [-0.39, 0.29) is 12.1 Å². The molecular formula is C11H19N5O. The Morgan fingerprint density at radius 1 is 1.47 bits per heavy atom. The molecule has 0 aromatic carbocycles. The highest BCUT2D eigenvalue weighted by Gasteiger charge is 2.30. The van der Waals surface area contributed by atoms with E-state index in [4.69, 9.17) is 10.5 Å². The SMILES string of the molecule is CC1CCOC1c1nc(N2CCC(N)C2)n[nH]1. The van der Waals surface area contributed by atoms with Gasteiger partial charge in [0.25, 0.3) is 0 Å². The first-order valence-electron chi connectivity index (χ1n) is 6.28. The summed E-state index contributed by atoms with van der Waals surface area (Å²) in [6.45, 7) is 4.79. The first kappa shape index (κ1) is 11.0. The Hall–Kier alpha value is -1.14. The van der Waals surface area contributed by atoms with Gasteiger partial charge in [0.05, 0.1) is 0 Å². The van der Waals surface area contributed by atoms with Gasteiger partial charge in [-0.15, -0.1) is 5.10 Å². The molecule has 6 heteroatoms. The summed E-state index contributed by atoms with van der Waals surface area (Å²) in [6, 6.07) is 0.249. The molecule has 3 heterocycles. The smallest absolute Gasteiger partial charge is 0.244 e. The lowest BCUT2D eigenvalue weighted by molar-refractivity contribution is 0.0876. The molecule has 2 fully saturated rings. The molecule has 1 aromatic heterocycles. The van der Waals surface area contributed by atoms with Crippen LogP contribution < -0.4 is 10.6 Å². The highest BCUT2D eigenvalue weighted by atomic mass is 16.5. The van der Waals surface area contributed by atoms with Crippen molar-refractivity contribution in [2.24, 2.45) is 11.7 Å². The molecule has 3 N–H and O–H groups in total. The van der Waals surface area contributed by atoms with Crippen LogP contribution in [0, 0.1) is 5.92 Å². The van der Waals surface area contributed by atoms with Crippen LogP contribution in [0.2, 0.25) is 0 Å². The first-order chi connectivity index (χ1) is 8.24. The number of hydrogen-bond acceptors (Lipinski definition) is 5. The van der Waals surface area contributed by atoms with Crippen molar-refractivity contribution in [2.45, 2.75) is 31.9 Å². The van der Waals surface area contributed by atoms with Gasteiger partial charge in [-0.25, -0.2) is 0 Å². The Labute approximate surface area is 101 Å². The molecule has 3 rings (SSSR count). The van der Waals surface area contributed by atoms with E-state index in [2.05, 4.69) is 27.0 Å². The minimum absolute atomic E-state index is 0.0764. The lowest BCUT2D eigenvalue weighted by Gasteiger charge is -2.13. The van der Waals surface area contributed by atoms with E-state index in [1.165, 1.54) is 0 Å². The predicted molar refractivity (Wildman–Crippen MR) is 63.7 cm³/mol. The monoisotopic (exact) mass is 237 g/mol. The lowest BCUT2D eigenvalue weighted by atomic mass is 10.0. The number of ether oxygens (including phenoxy) is 1. The maximum atomic E-state index is 5.88. The zero-order valence-corrected chi connectivity index (χ0v) is 10.1. The molecule has 1 aromatic rings. The fourth-order valence-electron chi connectivity index (χ4n) is 2.55. The van der Waals surface area contributed by atoms with E-state index < -0.39 is 0 Å². The number of rotatable bonds is 2. The summed E-state index contributed by atoms with van der Waals surface area (Å²) in [5.41, 5.74) is 5.88. The number of nitrogens with two attached hydrogens (primary N) is 1. The summed E-state index contributed by atoms with van der Waals surface area (Å²) in [6.07, 6.45) is 2.18. The molecular weight excluding hydrogens is 218 g/mol. The maximum Gasteiger partial charge on any atom is 0.244 e. The lowest BCUT2D eigenvalue weighted by Crippen LogP contribution is -2.27.